The van der Waals surface area contributed by atoms with Gasteiger partial charge in [0.25, 0.3) is 0 Å². The maximum absolute atomic E-state index is 5.81. The van der Waals surface area contributed by atoms with Gasteiger partial charge in [0.15, 0.2) is 5.96 Å². The van der Waals surface area contributed by atoms with Gasteiger partial charge in [-0.2, -0.15) is 0 Å². The molecule has 0 atom stereocenters. The van der Waals surface area contributed by atoms with Crippen LogP contribution in [0.25, 0.3) is 0 Å². The quantitative estimate of drug-likeness (QED) is 0.260. The summed E-state index contributed by atoms with van der Waals surface area (Å²) in [7, 11) is 4.10. The summed E-state index contributed by atoms with van der Waals surface area (Å²) in [6.07, 6.45) is 4.69. The second-order valence-corrected chi connectivity index (χ2v) is 6.89. The molecule has 2 aromatic rings. The Bertz CT molecular complexity index is 687. The third-order valence-electron chi connectivity index (χ3n) is 3.62. The first-order chi connectivity index (χ1) is 11.5. The first-order valence-electron chi connectivity index (χ1n) is 7.90. The lowest BCUT2D eigenvalue weighted by atomic mass is 10.2. The van der Waals surface area contributed by atoms with Gasteiger partial charge in [-0.3, -0.25) is 4.99 Å². The third-order valence-corrected chi connectivity index (χ3v) is 4.28. The van der Waals surface area contributed by atoms with Crippen LogP contribution >= 0.6 is 51.5 Å². The number of aromatic nitrogens is 2. The average molecular weight is 541 g/mol. The number of aliphatic imine (C=N–C) groups is 1. The lowest BCUT2D eigenvalue weighted by Crippen LogP contribution is -2.39. The fourth-order valence-corrected chi connectivity index (χ4v) is 3.04. The molecule has 0 fully saturated rings. The van der Waals surface area contributed by atoms with Crippen LogP contribution < -0.4 is 5.32 Å². The van der Waals surface area contributed by atoms with Crippen molar-refractivity contribution in [2.75, 3.05) is 20.1 Å². The Morgan fingerprint density at radius 3 is 2.76 bits per heavy atom. The minimum Gasteiger partial charge on any atom is -0.357 e. The summed E-state index contributed by atoms with van der Waals surface area (Å²) in [5.41, 5.74) is 2.35. The molecule has 0 saturated carbocycles. The molecule has 0 radical (unpaired) electrons. The SMILES string of the molecule is CCNC(=NCCc1ccc(Cl)nc1)N(C)Cc1cc(Br)cn1C.I. The number of pyridine rings is 1. The molecule has 0 aliphatic carbocycles. The largest absolute Gasteiger partial charge is 0.357 e. The molecule has 0 aliphatic heterocycles. The normalized spacial score (nSPS) is 11.2. The second-order valence-electron chi connectivity index (χ2n) is 5.59. The van der Waals surface area contributed by atoms with E-state index in [1.165, 1.54) is 5.69 Å². The molecule has 0 unspecified atom stereocenters. The number of hydrogen-bond donors (Lipinski definition) is 1. The van der Waals surface area contributed by atoms with E-state index < -0.39 is 0 Å². The van der Waals surface area contributed by atoms with Gasteiger partial charge in [-0.1, -0.05) is 17.7 Å². The van der Waals surface area contributed by atoms with Crippen LogP contribution in [0, 0.1) is 0 Å². The van der Waals surface area contributed by atoms with E-state index in [-0.39, 0.29) is 24.0 Å². The van der Waals surface area contributed by atoms with Crippen molar-refractivity contribution in [3.05, 3.63) is 51.5 Å². The van der Waals surface area contributed by atoms with E-state index in [4.69, 9.17) is 16.6 Å². The Kier molecular flexibility index (Phi) is 9.81. The molecule has 0 aliphatic rings. The molecule has 2 rings (SSSR count). The van der Waals surface area contributed by atoms with Crippen LogP contribution in [0.1, 0.15) is 18.2 Å². The molecule has 2 heterocycles. The molecule has 1 N–H and O–H groups in total. The molecule has 25 heavy (non-hydrogen) atoms. The van der Waals surface area contributed by atoms with Gasteiger partial charge in [0.1, 0.15) is 5.15 Å². The highest BCUT2D eigenvalue weighted by molar-refractivity contribution is 14.0. The molecule has 0 saturated heterocycles. The van der Waals surface area contributed by atoms with Gasteiger partial charge in [0.2, 0.25) is 0 Å². The predicted octanol–water partition coefficient (Wildman–Crippen LogP) is 4.09. The van der Waals surface area contributed by atoms with Crippen molar-refractivity contribution in [1.82, 2.24) is 19.8 Å². The zero-order chi connectivity index (χ0) is 17.5. The minimum absolute atomic E-state index is 0. The Labute approximate surface area is 180 Å². The van der Waals surface area contributed by atoms with Crippen LogP contribution in [-0.2, 0) is 20.0 Å². The zero-order valence-electron chi connectivity index (χ0n) is 14.7. The van der Waals surface area contributed by atoms with Crippen molar-refractivity contribution < 1.29 is 0 Å². The van der Waals surface area contributed by atoms with Crippen LogP contribution in [0.2, 0.25) is 5.15 Å². The smallest absolute Gasteiger partial charge is 0.194 e. The molecule has 0 aromatic carbocycles. The van der Waals surface area contributed by atoms with E-state index in [1.807, 2.05) is 26.2 Å². The highest BCUT2D eigenvalue weighted by Gasteiger charge is 2.09. The second kappa shape index (κ2) is 11.0. The molecule has 138 valence electrons. The standard InChI is InChI=1S/C17H23BrClN5.HI/c1-4-20-17(21-8-7-13-5-6-16(19)22-10-13)24(3)12-15-9-14(18)11-23(15)2;/h5-6,9-11H,4,7-8,12H2,1-3H3,(H,20,21);1H. The fraction of sp³-hybridized carbons (Fsp3) is 0.412. The van der Waals surface area contributed by atoms with Crippen LogP contribution in [0.3, 0.4) is 0 Å². The van der Waals surface area contributed by atoms with E-state index >= 15 is 0 Å². The molecular weight excluding hydrogens is 516 g/mol. The van der Waals surface area contributed by atoms with Crippen molar-refractivity contribution in [1.29, 1.82) is 0 Å². The predicted molar refractivity (Wildman–Crippen MR) is 119 cm³/mol. The summed E-state index contributed by atoms with van der Waals surface area (Å²) < 4.78 is 3.20. The van der Waals surface area contributed by atoms with Crippen molar-refractivity contribution >= 4 is 57.5 Å². The molecule has 2 aromatic heterocycles. The lowest BCUT2D eigenvalue weighted by molar-refractivity contribution is 0.462. The summed E-state index contributed by atoms with van der Waals surface area (Å²) >= 11 is 9.32. The summed E-state index contributed by atoms with van der Waals surface area (Å²) in [6, 6.07) is 5.92. The van der Waals surface area contributed by atoms with E-state index in [0.29, 0.717) is 11.7 Å². The van der Waals surface area contributed by atoms with E-state index in [1.54, 1.807) is 6.20 Å². The molecular formula is C17H24BrClIN5. The Morgan fingerprint density at radius 2 is 2.20 bits per heavy atom. The van der Waals surface area contributed by atoms with Crippen LogP contribution in [-0.4, -0.2) is 40.5 Å². The van der Waals surface area contributed by atoms with Gasteiger partial charge in [0.05, 0.1) is 6.54 Å². The number of aryl methyl sites for hydroxylation is 1. The van der Waals surface area contributed by atoms with E-state index in [0.717, 1.165) is 35.5 Å². The average Bonchev–Trinajstić information content (AvgIpc) is 2.86. The van der Waals surface area contributed by atoms with Crippen LogP contribution in [0.5, 0.6) is 0 Å². The molecule has 8 heteroatoms. The summed E-state index contributed by atoms with van der Waals surface area (Å²) in [5.74, 6) is 0.900. The first kappa shape index (κ1) is 22.2. The first-order valence-corrected chi connectivity index (χ1v) is 9.07. The minimum atomic E-state index is 0. The summed E-state index contributed by atoms with van der Waals surface area (Å²) in [4.78, 5) is 10.9. The molecule has 0 spiro atoms. The highest BCUT2D eigenvalue weighted by atomic mass is 127. The van der Waals surface area contributed by atoms with Gasteiger partial charge < -0.3 is 14.8 Å². The Balaban J connectivity index is 0.00000312. The van der Waals surface area contributed by atoms with Crippen LogP contribution in [0.4, 0.5) is 0 Å². The lowest BCUT2D eigenvalue weighted by Gasteiger charge is -2.22. The fourth-order valence-electron chi connectivity index (χ4n) is 2.36. The number of halogens is 3. The number of nitrogens with one attached hydrogen (secondary N) is 1. The van der Waals surface area contributed by atoms with Crippen LogP contribution in [0.15, 0.2) is 40.1 Å². The Hall–Kier alpha value is -0.800. The number of guanidine groups is 1. The van der Waals surface area contributed by atoms with Gasteiger partial charge >= 0.3 is 0 Å². The maximum Gasteiger partial charge on any atom is 0.194 e. The van der Waals surface area contributed by atoms with Gasteiger partial charge in [0, 0.05) is 49.7 Å². The summed E-state index contributed by atoms with van der Waals surface area (Å²) in [5, 5.41) is 3.86. The van der Waals surface area contributed by atoms with Crippen molar-refractivity contribution in [3.63, 3.8) is 0 Å². The zero-order valence-corrected chi connectivity index (χ0v) is 19.3. The Morgan fingerprint density at radius 1 is 1.44 bits per heavy atom. The monoisotopic (exact) mass is 539 g/mol. The molecule has 0 bridgehead atoms. The number of rotatable bonds is 6. The number of hydrogen-bond acceptors (Lipinski definition) is 2. The third kappa shape index (κ3) is 7.15. The van der Waals surface area contributed by atoms with Gasteiger partial charge in [-0.05, 0) is 47.0 Å². The topological polar surface area (TPSA) is 45.5 Å². The summed E-state index contributed by atoms with van der Waals surface area (Å²) in [6.45, 7) is 4.40. The van der Waals surface area contributed by atoms with Crippen molar-refractivity contribution in [2.45, 2.75) is 19.9 Å². The van der Waals surface area contributed by atoms with Crippen molar-refractivity contribution in [3.8, 4) is 0 Å². The molecule has 5 nitrogen and oxygen atoms in total. The maximum atomic E-state index is 5.81. The van der Waals surface area contributed by atoms with Gasteiger partial charge in [-0.15, -0.1) is 24.0 Å². The van der Waals surface area contributed by atoms with E-state index in [2.05, 4.69) is 54.9 Å². The highest BCUT2D eigenvalue weighted by Crippen LogP contribution is 2.15. The van der Waals surface area contributed by atoms with Gasteiger partial charge in [-0.25, -0.2) is 4.98 Å². The molecule has 0 amide bonds. The van der Waals surface area contributed by atoms with Crippen molar-refractivity contribution in [2.24, 2.45) is 12.0 Å². The number of nitrogens with zero attached hydrogens (tertiary/aromatic N) is 4. The van der Waals surface area contributed by atoms with E-state index in [9.17, 15) is 0 Å².